The van der Waals surface area contributed by atoms with E-state index in [1.807, 2.05) is 13.8 Å². The fourth-order valence-electron chi connectivity index (χ4n) is 0.707. The SMILES string of the molecule is CC.CC(=O)c1cccc(F)c1. The molecule has 0 bridgehead atoms. The second-order valence-corrected chi connectivity index (χ2v) is 2.07. The Morgan fingerprint density at radius 3 is 2.25 bits per heavy atom. The zero-order valence-electron chi connectivity index (χ0n) is 7.60. The van der Waals surface area contributed by atoms with Crippen LogP contribution < -0.4 is 0 Å². The van der Waals surface area contributed by atoms with Gasteiger partial charge in [0.2, 0.25) is 0 Å². The number of hydrogen-bond donors (Lipinski definition) is 0. The lowest BCUT2D eigenvalue weighted by atomic mass is 10.1. The van der Waals surface area contributed by atoms with E-state index in [1.165, 1.54) is 25.1 Å². The van der Waals surface area contributed by atoms with Gasteiger partial charge in [-0.15, -0.1) is 0 Å². The van der Waals surface area contributed by atoms with Crippen LogP contribution in [0.2, 0.25) is 0 Å². The fraction of sp³-hybridized carbons (Fsp3) is 0.300. The van der Waals surface area contributed by atoms with Crippen molar-refractivity contribution < 1.29 is 9.18 Å². The Bertz CT molecular complexity index is 256. The summed E-state index contributed by atoms with van der Waals surface area (Å²) in [6.07, 6.45) is 0. The molecule has 0 saturated heterocycles. The van der Waals surface area contributed by atoms with E-state index in [4.69, 9.17) is 0 Å². The Balaban J connectivity index is 0.000000561. The van der Waals surface area contributed by atoms with Gasteiger partial charge in [0.05, 0.1) is 0 Å². The predicted octanol–water partition coefficient (Wildman–Crippen LogP) is 3.05. The monoisotopic (exact) mass is 168 g/mol. The molecule has 1 rings (SSSR count). The van der Waals surface area contributed by atoms with E-state index in [0.29, 0.717) is 5.56 Å². The summed E-state index contributed by atoms with van der Waals surface area (Å²) in [7, 11) is 0. The van der Waals surface area contributed by atoms with Crippen LogP contribution in [0, 0.1) is 5.82 Å². The minimum absolute atomic E-state index is 0.112. The van der Waals surface area contributed by atoms with Crippen molar-refractivity contribution in [2.24, 2.45) is 0 Å². The molecule has 66 valence electrons. The average molecular weight is 168 g/mol. The van der Waals surface area contributed by atoms with E-state index >= 15 is 0 Å². The third-order valence-electron chi connectivity index (χ3n) is 1.23. The van der Waals surface area contributed by atoms with E-state index in [-0.39, 0.29) is 11.6 Å². The summed E-state index contributed by atoms with van der Waals surface area (Å²) >= 11 is 0. The second-order valence-electron chi connectivity index (χ2n) is 2.07. The minimum atomic E-state index is -0.368. The largest absolute Gasteiger partial charge is 0.295 e. The molecule has 1 aromatic carbocycles. The number of benzene rings is 1. The highest BCUT2D eigenvalue weighted by Gasteiger charge is 1.97. The van der Waals surface area contributed by atoms with Crippen LogP contribution in [0.3, 0.4) is 0 Å². The molecule has 0 aliphatic rings. The van der Waals surface area contributed by atoms with Gasteiger partial charge < -0.3 is 0 Å². The number of halogens is 1. The normalized spacial score (nSPS) is 8.33. The van der Waals surface area contributed by atoms with Crippen LogP contribution in [0.1, 0.15) is 31.1 Å². The lowest BCUT2D eigenvalue weighted by molar-refractivity contribution is 0.101. The number of hydrogen-bond acceptors (Lipinski definition) is 1. The van der Waals surface area contributed by atoms with Gasteiger partial charge in [0.25, 0.3) is 0 Å². The molecule has 0 unspecified atom stereocenters. The summed E-state index contributed by atoms with van der Waals surface area (Å²) in [6, 6.07) is 5.65. The smallest absolute Gasteiger partial charge is 0.159 e. The third-order valence-corrected chi connectivity index (χ3v) is 1.23. The molecule has 0 spiro atoms. The van der Waals surface area contributed by atoms with Crippen LogP contribution in [-0.2, 0) is 0 Å². The van der Waals surface area contributed by atoms with Gasteiger partial charge in [-0.25, -0.2) is 4.39 Å². The first-order valence-electron chi connectivity index (χ1n) is 3.96. The number of Topliss-reactive ketones (excluding diaryl/α,β-unsaturated/α-hetero) is 1. The maximum absolute atomic E-state index is 12.4. The highest BCUT2D eigenvalue weighted by atomic mass is 19.1. The first-order valence-corrected chi connectivity index (χ1v) is 3.96. The van der Waals surface area contributed by atoms with E-state index in [2.05, 4.69) is 0 Å². The minimum Gasteiger partial charge on any atom is -0.295 e. The zero-order chi connectivity index (χ0) is 9.56. The lowest BCUT2D eigenvalue weighted by Gasteiger charge is -1.92. The Hall–Kier alpha value is -1.18. The van der Waals surface area contributed by atoms with Crippen molar-refractivity contribution in [2.45, 2.75) is 20.8 Å². The number of ketones is 1. The third kappa shape index (κ3) is 3.28. The van der Waals surface area contributed by atoms with Crippen molar-refractivity contribution in [1.29, 1.82) is 0 Å². The van der Waals surface area contributed by atoms with Gasteiger partial charge in [0.15, 0.2) is 5.78 Å². The van der Waals surface area contributed by atoms with Gasteiger partial charge >= 0.3 is 0 Å². The number of carbonyl (C=O) groups is 1. The molecular formula is C10H13FO. The van der Waals surface area contributed by atoms with Crippen LogP contribution in [0.4, 0.5) is 4.39 Å². The number of carbonyl (C=O) groups excluding carboxylic acids is 1. The summed E-state index contributed by atoms with van der Waals surface area (Å²) in [6.45, 7) is 5.41. The summed E-state index contributed by atoms with van der Waals surface area (Å²) in [4.78, 5) is 10.6. The predicted molar refractivity (Wildman–Crippen MR) is 47.8 cm³/mol. The highest BCUT2D eigenvalue weighted by molar-refractivity contribution is 5.93. The molecule has 0 heterocycles. The molecule has 0 fully saturated rings. The standard InChI is InChI=1S/C8H7FO.C2H6/c1-6(10)7-3-2-4-8(9)5-7;1-2/h2-5H,1H3;1-2H3. The van der Waals surface area contributed by atoms with Crippen molar-refractivity contribution in [2.75, 3.05) is 0 Å². The van der Waals surface area contributed by atoms with Gasteiger partial charge in [-0.1, -0.05) is 26.0 Å². The van der Waals surface area contributed by atoms with E-state index < -0.39 is 0 Å². The Morgan fingerprint density at radius 2 is 1.92 bits per heavy atom. The molecule has 0 saturated carbocycles. The van der Waals surface area contributed by atoms with Gasteiger partial charge in [-0.3, -0.25) is 4.79 Å². The molecular weight excluding hydrogens is 155 g/mol. The van der Waals surface area contributed by atoms with Crippen LogP contribution in [0.15, 0.2) is 24.3 Å². The van der Waals surface area contributed by atoms with Crippen LogP contribution >= 0.6 is 0 Å². The molecule has 12 heavy (non-hydrogen) atoms. The molecule has 1 nitrogen and oxygen atoms in total. The van der Waals surface area contributed by atoms with Gasteiger partial charge in [0.1, 0.15) is 5.82 Å². The zero-order valence-corrected chi connectivity index (χ0v) is 7.60. The summed E-state index contributed by atoms with van der Waals surface area (Å²) < 4.78 is 12.4. The molecule has 0 N–H and O–H groups in total. The summed E-state index contributed by atoms with van der Waals surface area (Å²) in [5, 5.41) is 0. The first kappa shape index (κ1) is 10.8. The van der Waals surface area contributed by atoms with Crippen molar-refractivity contribution in [3.8, 4) is 0 Å². The Kier molecular flexibility index (Phi) is 4.93. The van der Waals surface area contributed by atoms with Gasteiger partial charge in [-0.2, -0.15) is 0 Å². The first-order chi connectivity index (χ1) is 5.70. The van der Waals surface area contributed by atoms with Crippen LogP contribution in [0.5, 0.6) is 0 Å². The van der Waals surface area contributed by atoms with Crippen LogP contribution in [-0.4, -0.2) is 5.78 Å². The molecule has 1 aromatic rings. The molecule has 0 aromatic heterocycles. The van der Waals surface area contributed by atoms with E-state index in [1.54, 1.807) is 6.07 Å². The highest BCUT2D eigenvalue weighted by Crippen LogP contribution is 2.03. The van der Waals surface area contributed by atoms with Crippen molar-refractivity contribution in [1.82, 2.24) is 0 Å². The maximum atomic E-state index is 12.4. The fourth-order valence-corrected chi connectivity index (χ4v) is 0.707. The van der Waals surface area contributed by atoms with Crippen LogP contribution in [0.25, 0.3) is 0 Å². The molecule has 0 aliphatic carbocycles. The summed E-state index contributed by atoms with van der Waals surface area (Å²) in [5.74, 6) is -0.479. The Morgan fingerprint density at radius 1 is 1.33 bits per heavy atom. The van der Waals surface area contributed by atoms with Crippen molar-refractivity contribution in [3.05, 3.63) is 35.6 Å². The molecule has 2 heteroatoms. The Labute approximate surface area is 72.2 Å². The molecule has 0 radical (unpaired) electrons. The molecule has 0 amide bonds. The average Bonchev–Trinajstić information content (AvgIpc) is 2.08. The van der Waals surface area contributed by atoms with E-state index in [0.717, 1.165) is 0 Å². The van der Waals surface area contributed by atoms with E-state index in [9.17, 15) is 9.18 Å². The van der Waals surface area contributed by atoms with Crippen molar-refractivity contribution >= 4 is 5.78 Å². The van der Waals surface area contributed by atoms with Gasteiger partial charge in [-0.05, 0) is 19.1 Å². The number of rotatable bonds is 1. The van der Waals surface area contributed by atoms with Crippen molar-refractivity contribution in [3.63, 3.8) is 0 Å². The molecule has 0 aliphatic heterocycles. The second kappa shape index (κ2) is 5.47. The maximum Gasteiger partial charge on any atom is 0.159 e. The molecule has 0 atom stereocenters. The quantitative estimate of drug-likeness (QED) is 0.589. The lowest BCUT2D eigenvalue weighted by Crippen LogP contribution is -1.91. The summed E-state index contributed by atoms with van der Waals surface area (Å²) in [5.41, 5.74) is 0.417. The van der Waals surface area contributed by atoms with Gasteiger partial charge in [0, 0.05) is 5.56 Å². The topological polar surface area (TPSA) is 17.1 Å².